The number of benzene rings is 2. The number of hydrogen-bond donors (Lipinski definition) is 0. The lowest BCUT2D eigenvalue weighted by Crippen LogP contribution is -2.12. The summed E-state index contributed by atoms with van der Waals surface area (Å²) in [5.74, 6) is 0.426. The van der Waals surface area contributed by atoms with Gasteiger partial charge in [0.1, 0.15) is 0 Å². The van der Waals surface area contributed by atoms with E-state index in [-0.39, 0.29) is 0 Å². The highest BCUT2D eigenvalue weighted by Gasteiger charge is 2.12. The van der Waals surface area contributed by atoms with Gasteiger partial charge in [0.25, 0.3) is 0 Å². The fourth-order valence-corrected chi connectivity index (χ4v) is 2.18. The van der Waals surface area contributed by atoms with Crippen molar-refractivity contribution in [1.29, 1.82) is 0 Å². The molecule has 0 radical (unpaired) electrons. The Morgan fingerprint density at radius 3 is 2.06 bits per heavy atom. The number of hydrogen-bond acceptors (Lipinski definition) is 1. The van der Waals surface area contributed by atoms with Gasteiger partial charge in [-0.1, -0.05) is 55.5 Å². The smallest absolute Gasteiger partial charge is 0.0399 e. The molecular weight excluding hydrogens is 206 g/mol. The standard InChI is InChI=1S/C16H19N/c1-13(14-9-5-4-6-10-14)15-11-7-8-12-16(15)17(2)3/h4-13H,1-3H3. The molecule has 0 saturated carbocycles. The van der Waals surface area contributed by atoms with Crippen LogP contribution >= 0.6 is 0 Å². The highest BCUT2D eigenvalue weighted by molar-refractivity contribution is 5.56. The Bertz CT molecular complexity index is 474. The minimum Gasteiger partial charge on any atom is -0.377 e. The lowest BCUT2D eigenvalue weighted by atomic mass is 9.92. The molecule has 2 aromatic carbocycles. The van der Waals surface area contributed by atoms with Gasteiger partial charge in [-0.3, -0.25) is 0 Å². The van der Waals surface area contributed by atoms with Gasteiger partial charge in [0.2, 0.25) is 0 Å². The van der Waals surface area contributed by atoms with Gasteiger partial charge in [0.15, 0.2) is 0 Å². The van der Waals surface area contributed by atoms with Gasteiger partial charge in [-0.25, -0.2) is 0 Å². The maximum atomic E-state index is 2.26. The van der Waals surface area contributed by atoms with E-state index < -0.39 is 0 Å². The molecule has 0 aromatic heterocycles. The maximum absolute atomic E-state index is 2.26. The topological polar surface area (TPSA) is 3.24 Å². The molecule has 0 spiro atoms. The van der Waals surface area contributed by atoms with E-state index in [4.69, 9.17) is 0 Å². The van der Waals surface area contributed by atoms with E-state index in [2.05, 4.69) is 80.5 Å². The quantitative estimate of drug-likeness (QED) is 0.765. The Kier molecular flexibility index (Phi) is 3.48. The lowest BCUT2D eigenvalue weighted by molar-refractivity contribution is 0.910. The molecule has 0 aliphatic carbocycles. The minimum absolute atomic E-state index is 0.426. The third-order valence-corrected chi connectivity index (χ3v) is 3.18. The predicted molar refractivity (Wildman–Crippen MR) is 74.7 cm³/mol. The summed E-state index contributed by atoms with van der Waals surface area (Å²) in [5.41, 5.74) is 4.04. The molecule has 88 valence electrons. The summed E-state index contributed by atoms with van der Waals surface area (Å²) < 4.78 is 0. The molecule has 0 heterocycles. The molecule has 0 saturated heterocycles. The third kappa shape index (κ3) is 2.50. The minimum atomic E-state index is 0.426. The second-order valence-corrected chi connectivity index (χ2v) is 4.59. The highest BCUT2D eigenvalue weighted by Crippen LogP contribution is 2.30. The molecule has 1 nitrogen and oxygen atoms in total. The SMILES string of the molecule is CC(c1ccccc1)c1ccccc1N(C)C. The molecule has 1 heteroatoms. The van der Waals surface area contributed by atoms with E-state index in [0.29, 0.717) is 5.92 Å². The van der Waals surface area contributed by atoms with Gasteiger partial charge in [-0.2, -0.15) is 0 Å². The first kappa shape index (κ1) is 11.7. The summed E-state index contributed by atoms with van der Waals surface area (Å²) in [6.07, 6.45) is 0. The maximum Gasteiger partial charge on any atom is 0.0399 e. The molecule has 0 aliphatic heterocycles. The molecule has 0 fully saturated rings. The van der Waals surface area contributed by atoms with Gasteiger partial charge in [0, 0.05) is 25.7 Å². The van der Waals surface area contributed by atoms with Crippen molar-refractivity contribution in [1.82, 2.24) is 0 Å². The molecule has 0 N–H and O–H groups in total. The number of rotatable bonds is 3. The summed E-state index contributed by atoms with van der Waals surface area (Å²) in [6, 6.07) is 19.2. The molecule has 1 unspecified atom stereocenters. The van der Waals surface area contributed by atoms with E-state index in [0.717, 1.165) is 0 Å². The number of anilines is 1. The van der Waals surface area contributed by atoms with Crippen molar-refractivity contribution in [3.8, 4) is 0 Å². The van der Waals surface area contributed by atoms with Crippen molar-refractivity contribution < 1.29 is 0 Å². The summed E-state index contributed by atoms with van der Waals surface area (Å²) >= 11 is 0. The highest BCUT2D eigenvalue weighted by atomic mass is 15.1. The first-order chi connectivity index (χ1) is 8.20. The Balaban J connectivity index is 2.41. The fourth-order valence-electron chi connectivity index (χ4n) is 2.18. The second kappa shape index (κ2) is 5.05. The number of nitrogens with zero attached hydrogens (tertiary/aromatic N) is 1. The van der Waals surface area contributed by atoms with Crippen molar-refractivity contribution in [2.24, 2.45) is 0 Å². The van der Waals surface area contributed by atoms with Crippen LogP contribution < -0.4 is 4.90 Å². The third-order valence-electron chi connectivity index (χ3n) is 3.18. The van der Waals surface area contributed by atoms with Crippen molar-refractivity contribution in [2.75, 3.05) is 19.0 Å². The van der Waals surface area contributed by atoms with E-state index in [1.54, 1.807) is 0 Å². The first-order valence-electron chi connectivity index (χ1n) is 6.01. The van der Waals surface area contributed by atoms with Gasteiger partial charge < -0.3 is 4.90 Å². The summed E-state index contributed by atoms with van der Waals surface area (Å²) in [4.78, 5) is 2.18. The normalized spacial score (nSPS) is 12.2. The zero-order chi connectivity index (χ0) is 12.3. The first-order valence-corrected chi connectivity index (χ1v) is 6.01. The Labute approximate surface area is 104 Å². The van der Waals surface area contributed by atoms with Crippen LogP contribution in [-0.4, -0.2) is 14.1 Å². The van der Waals surface area contributed by atoms with E-state index in [1.807, 2.05) is 0 Å². The van der Waals surface area contributed by atoms with Crippen LogP contribution in [0.1, 0.15) is 24.0 Å². The Morgan fingerprint density at radius 2 is 1.41 bits per heavy atom. The molecule has 17 heavy (non-hydrogen) atoms. The van der Waals surface area contributed by atoms with Crippen LogP contribution in [-0.2, 0) is 0 Å². The van der Waals surface area contributed by atoms with E-state index in [1.165, 1.54) is 16.8 Å². The van der Waals surface area contributed by atoms with Crippen LogP contribution in [0, 0.1) is 0 Å². The fraction of sp³-hybridized carbons (Fsp3) is 0.250. The lowest BCUT2D eigenvalue weighted by Gasteiger charge is -2.21. The molecular formula is C16H19N. The summed E-state index contributed by atoms with van der Waals surface area (Å²) in [5, 5.41) is 0. The largest absolute Gasteiger partial charge is 0.377 e. The van der Waals surface area contributed by atoms with Crippen LogP contribution in [0.3, 0.4) is 0 Å². The number of para-hydroxylation sites is 1. The zero-order valence-electron chi connectivity index (χ0n) is 10.7. The van der Waals surface area contributed by atoms with Crippen molar-refractivity contribution in [2.45, 2.75) is 12.8 Å². The molecule has 1 atom stereocenters. The second-order valence-electron chi connectivity index (χ2n) is 4.59. The molecule has 0 aliphatic rings. The van der Waals surface area contributed by atoms with Gasteiger partial charge in [-0.05, 0) is 17.2 Å². The molecule has 0 bridgehead atoms. The zero-order valence-corrected chi connectivity index (χ0v) is 10.7. The van der Waals surface area contributed by atoms with Crippen LogP contribution in [0.5, 0.6) is 0 Å². The Morgan fingerprint density at radius 1 is 0.824 bits per heavy atom. The Hall–Kier alpha value is -1.76. The van der Waals surface area contributed by atoms with Crippen molar-refractivity contribution in [3.63, 3.8) is 0 Å². The predicted octanol–water partition coefficient (Wildman–Crippen LogP) is 3.90. The van der Waals surface area contributed by atoms with Gasteiger partial charge >= 0.3 is 0 Å². The van der Waals surface area contributed by atoms with Crippen LogP contribution in [0.15, 0.2) is 54.6 Å². The van der Waals surface area contributed by atoms with E-state index in [9.17, 15) is 0 Å². The molecule has 2 rings (SSSR count). The molecule has 0 amide bonds. The van der Waals surface area contributed by atoms with E-state index >= 15 is 0 Å². The van der Waals surface area contributed by atoms with Gasteiger partial charge in [-0.15, -0.1) is 0 Å². The van der Waals surface area contributed by atoms with Crippen LogP contribution in [0.25, 0.3) is 0 Å². The average Bonchev–Trinajstić information content (AvgIpc) is 2.39. The van der Waals surface area contributed by atoms with Crippen molar-refractivity contribution in [3.05, 3.63) is 65.7 Å². The summed E-state index contributed by atoms with van der Waals surface area (Å²) in [6.45, 7) is 2.26. The van der Waals surface area contributed by atoms with Gasteiger partial charge in [0.05, 0.1) is 0 Å². The van der Waals surface area contributed by atoms with Crippen LogP contribution in [0.4, 0.5) is 5.69 Å². The molecule has 2 aromatic rings. The average molecular weight is 225 g/mol. The monoisotopic (exact) mass is 225 g/mol. The van der Waals surface area contributed by atoms with Crippen molar-refractivity contribution >= 4 is 5.69 Å². The summed E-state index contributed by atoms with van der Waals surface area (Å²) in [7, 11) is 4.19. The van der Waals surface area contributed by atoms with Crippen LogP contribution in [0.2, 0.25) is 0 Å².